The molecule has 0 N–H and O–H groups in total. The molecule has 0 spiro atoms. The van der Waals surface area contributed by atoms with E-state index in [0.29, 0.717) is 12.5 Å². The zero-order valence-corrected chi connectivity index (χ0v) is 11.9. The number of hydrogen-bond donors (Lipinski definition) is 0. The van der Waals surface area contributed by atoms with Crippen LogP contribution in [0.5, 0.6) is 5.75 Å². The van der Waals surface area contributed by atoms with Gasteiger partial charge in [-0.05, 0) is 37.1 Å². The SMILES string of the molecule is COc1ccc2c(c1)cc1n2CCC(COC(C)=O)C1. The summed E-state index contributed by atoms with van der Waals surface area (Å²) in [5.74, 6) is 1.12. The molecule has 4 nitrogen and oxygen atoms in total. The zero-order valence-electron chi connectivity index (χ0n) is 11.9. The first-order chi connectivity index (χ1) is 9.67. The fourth-order valence-corrected chi connectivity index (χ4v) is 2.95. The number of fused-ring (bicyclic) bond motifs is 3. The molecule has 0 saturated heterocycles. The molecule has 1 atom stereocenters. The highest BCUT2D eigenvalue weighted by Crippen LogP contribution is 2.30. The Hall–Kier alpha value is -1.97. The van der Waals surface area contributed by atoms with E-state index in [9.17, 15) is 4.79 Å². The summed E-state index contributed by atoms with van der Waals surface area (Å²) in [5.41, 5.74) is 2.57. The molecule has 1 aliphatic rings. The predicted molar refractivity (Wildman–Crippen MR) is 76.9 cm³/mol. The average molecular weight is 273 g/mol. The number of rotatable bonds is 3. The van der Waals surface area contributed by atoms with Gasteiger partial charge in [0.1, 0.15) is 5.75 Å². The monoisotopic (exact) mass is 273 g/mol. The van der Waals surface area contributed by atoms with Gasteiger partial charge in [0, 0.05) is 36.0 Å². The Morgan fingerprint density at radius 2 is 2.25 bits per heavy atom. The molecule has 4 heteroatoms. The van der Waals surface area contributed by atoms with Crippen molar-refractivity contribution in [3.8, 4) is 5.75 Å². The van der Waals surface area contributed by atoms with E-state index in [0.717, 1.165) is 25.1 Å². The molecular weight excluding hydrogens is 254 g/mol. The van der Waals surface area contributed by atoms with Crippen LogP contribution in [-0.4, -0.2) is 24.3 Å². The molecule has 1 aliphatic heterocycles. The largest absolute Gasteiger partial charge is 0.497 e. The van der Waals surface area contributed by atoms with E-state index in [1.54, 1.807) is 7.11 Å². The molecule has 2 aromatic rings. The van der Waals surface area contributed by atoms with Gasteiger partial charge in [0.05, 0.1) is 13.7 Å². The lowest BCUT2D eigenvalue weighted by atomic mass is 9.97. The molecule has 0 amide bonds. The Labute approximate surface area is 118 Å². The van der Waals surface area contributed by atoms with Gasteiger partial charge in [-0.25, -0.2) is 0 Å². The van der Waals surface area contributed by atoms with Crippen molar-refractivity contribution >= 4 is 16.9 Å². The van der Waals surface area contributed by atoms with Crippen molar-refractivity contribution in [3.05, 3.63) is 30.0 Å². The number of benzene rings is 1. The van der Waals surface area contributed by atoms with Crippen molar-refractivity contribution in [1.29, 1.82) is 0 Å². The first-order valence-corrected chi connectivity index (χ1v) is 6.97. The molecule has 106 valence electrons. The minimum absolute atomic E-state index is 0.194. The number of carbonyl (C=O) groups is 1. The number of hydrogen-bond acceptors (Lipinski definition) is 3. The van der Waals surface area contributed by atoms with E-state index < -0.39 is 0 Å². The molecule has 2 heterocycles. The summed E-state index contributed by atoms with van der Waals surface area (Å²) in [6.07, 6.45) is 2.01. The highest BCUT2D eigenvalue weighted by molar-refractivity contribution is 5.83. The van der Waals surface area contributed by atoms with Crippen LogP contribution in [0, 0.1) is 5.92 Å². The van der Waals surface area contributed by atoms with Gasteiger partial charge >= 0.3 is 5.97 Å². The lowest BCUT2D eigenvalue weighted by Crippen LogP contribution is -2.23. The quantitative estimate of drug-likeness (QED) is 0.807. The standard InChI is InChI=1S/C16H19NO3/c1-11(18)20-10-12-5-6-17-14(7-12)8-13-9-15(19-2)3-4-16(13)17/h3-4,8-9,12H,5-7,10H2,1-2H3. The second kappa shape index (κ2) is 5.19. The van der Waals surface area contributed by atoms with Gasteiger partial charge in [0.15, 0.2) is 0 Å². The van der Waals surface area contributed by atoms with Crippen LogP contribution >= 0.6 is 0 Å². The van der Waals surface area contributed by atoms with Crippen molar-refractivity contribution < 1.29 is 14.3 Å². The summed E-state index contributed by atoms with van der Waals surface area (Å²) in [6, 6.07) is 8.41. The Morgan fingerprint density at radius 3 is 3.00 bits per heavy atom. The average Bonchev–Trinajstić information content (AvgIpc) is 2.81. The van der Waals surface area contributed by atoms with Gasteiger partial charge in [-0.1, -0.05) is 0 Å². The number of aromatic nitrogens is 1. The number of nitrogens with zero attached hydrogens (tertiary/aromatic N) is 1. The van der Waals surface area contributed by atoms with Gasteiger partial charge in [0.25, 0.3) is 0 Å². The smallest absolute Gasteiger partial charge is 0.302 e. The fraction of sp³-hybridized carbons (Fsp3) is 0.438. The lowest BCUT2D eigenvalue weighted by molar-refractivity contribution is -0.142. The number of carbonyl (C=O) groups excluding carboxylic acids is 1. The van der Waals surface area contributed by atoms with Crippen molar-refractivity contribution in [3.63, 3.8) is 0 Å². The van der Waals surface area contributed by atoms with Gasteiger partial charge in [0.2, 0.25) is 0 Å². The first-order valence-electron chi connectivity index (χ1n) is 6.97. The highest BCUT2D eigenvalue weighted by atomic mass is 16.5. The van der Waals surface area contributed by atoms with Gasteiger partial charge < -0.3 is 14.0 Å². The van der Waals surface area contributed by atoms with Crippen molar-refractivity contribution in [2.24, 2.45) is 5.92 Å². The van der Waals surface area contributed by atoms with Crippen molar-refractivity contribution in [2.45, 2.75) is 26.3 Å². The van der Waals surface area contributed by atoms with Crippen LogP contribution in [0.15, 0.2) is 24.3 Å². The lowest BCUT2D eigenvalue weighted by Gasteiger charge is -2.24. The topological polar surface area (TPSA) is 40.5 Å². The summed E-state index contributed by atoms with van der Waals surface area (Å²) in [4.78, 5) is 10.9. The Balaban J connectivity index is 1.84. The molecule has 0 saturated carbocycles. The number of ether oxygens (including phenoxy) is 2. The number of esters is 1. The van der Waals surface area contributed by atoms with E-state index in [1.807, 2.05) is 6.07 Å². The normalized spacial score (nSPS) is 17.8. The zero-order chi connectivity index (χ0) is 14.1. The maximum atomic E-state index is 10.9. The van der Waals surface area contributed by atoms with E-state index in [-0.39, 0.29) is 5.97 Å². The van der Waals surface area contributed by atoms with Crippen LogP contribution in [0.2, 0.25) is 0 Å². The van der Waals surface area contributed by atoms with E-state index in [2.05, 4.69) is 22.8 Å². The molecule has 3 rings (SSSR count). The third-order valence-electron chi connectivity index (χ3n) is 3.98. The highest BCUT2D eigenvalue weighted by Gasteiger charge is 2.21. The minimum Gasteiger partial charge on any atom is -0.497 e. The Kier molecular flexibility index (Phi) is 3.38. The van der Waals surface area contributed by atoms with E-state index >= 15 is 0 Å². The maximum Gasteiger partial charge on any atom is 0.302 e. The predicted octanol–water partition coefficient (Wildman–Crippen LogP) is 2.78. The first kappa shape index (κ1) is 13.0. The molecule has 0 radical (unpaired) electrons. The van der Waals surface area contributed by atoms with Gasteiger partial charge in [-0.3, -0.25) is 4.79 Å². The molecule has 20 heavy (non-hydrogen) atoms. The van der Waals surface area contributed by atoms with Crippen LogP contribution in [-0.2, 0) is 22.5 Å². The Morgan fingerprint density at radius 1 is 1.40 bits per heavy atom. The second-order valence-corrected chi connectivity index (χ2v) is 5.37. The summed E-state index contributed by atoms with van der Waals surface area (Å²) in [7, 11) is 1.69. The third-order valence-corrected chi connectivity index (χ3v) is 3.98. The van der Waals surface area contributed by atoms with Crippen molar-refractivity contribution in [1.82, 2.24) is 4.57 Å². The third kappa shape index (κ3) is 2.38. The second-order valence-electron chi connectivity index (χ2n) is 5.37. The number of aryl methyl sites for hydroxylation is 1. The molecule has 1 aromatic carbocycles. The molecule has 0 bridgehead atoms. The summed E-state index contributed by atoms with van der Waals surface area (Å²) < 4.78 is 12.8. The van der Waals surface area contributed by atoms with Crippen LogP contribution in [0.25, 0.3) is 10.9 Å². The molecule has 1 aromatic heterocycles. The van der Waals surface area contributed by atoms with Crippen LogP contribution in [0.1, 0.15) is 19.0 Å². The van der Waals surface area contributed by atoms with Crippen molar-refractivity contribution in [2.75, 3.05) is 13.7 Å². The maximum absolute atomic E-state index is 10.9. The summed E-state index contributed by atoms with van der Waals surface area (Å²) in [5, 5.41) is 1.22. The van der Waals surface area contributed by atoms with Crippen LogP contribution < -0.4 is 4.74 Å². The molecule has 0 aliphatic carbocycles. The molecule has 1 unspecified atom stereocenters. The fourth-order valence-electron chi connectivity index (χ4n) is 2.95. The Bertz CT molecular complexity index is 644. The van der Waals surface area contributed by atoms with Crippen LogP contribution in [0.4, 0.5) is 0 Å². The van der Waals surface area contributed by atoms with E-state index in [4.69, 9.17) is 9.47 Å². The molecule has 0 fully saturated rings. The van der Waals surface area contributed by atoms with Gasteiger partial charge in [-0.2, -0.15) is 0 Å². The van der Waals surface area contributed by atoms with Gasteiger partial charge in [-0.15, -0.1) is 0 Å². The van der Waals surface area contributed by atoms with E-state index in [1.165, 1.54) is 23.5 Å². The molecular formula is C16H19NO3. The summed E-state index contributed by atoms with van der Waals surface area (Å²) in [6.45, 7) is 2.98. The minimum atomic E-state index is -0.194. The number of methoxy groups -OCH3 is 1. The van der Waals surface area contributed by atoms with Crippen LogP contribution in [0.3, 0.4) is 0 Å². The summed E-state index contributed by atoms with van der Waals surface area (Å²) >= 11 is 0.